The molecule has 1 N–H and O–H groups in total. The van der Waals surface area contributed by atoms with Crippen molar-refractivity contribution in [1.82, 2.24) is 19.7 Å². The van der Waals surface area contributed by atoms with Crippen molar-refractivity contribution in [2.24, 2.45) is 7.05 Å². The molecule has 0 saturated heterocycles. The van der Waals surface area contributed by atoms with E-state index in [4.69, 9.17) is 4.52 Å². The van der Waals surface area contributed by atoms with Crippen LogP contribution in [0.3, 0.4) is 0 Å². The van der Waals surface area contributed by atoms with Gasteiger partial charge in [0.15, 0.2) is 5.82 Å². The summed E-state index contributed by atoms with van der Waals surface area (Å²) in [6.45, 7) is 3.87. The summed E-state index contributed by atoms with van der Waals surface area (Å²) in [6.07, 6.45) is 3.72. The molecule has 6 nitrogen and oxygen atoms in total. The topological polar surface area (TPSA) is 68.8 Å². The molecular formula is C15H17N5O. The van der Waals surface area contributed by atoms with Gasteiger partial charge in [0.1, 0.15) is 5.82 Å². The molecule has 2 heterocycles. The van der Waals surface area contributed by atoms with E-state index in [1.807, 2.05) is 42.1 Å². The van der Waals surface area contributed by atoms with E-state index < -0.39 is 0 Å². The van der Waals surface area contributed by atoms with Crippen LogP contribution in [-0.4, -0.2) is 19.7 Å². The number of nitrogens with zero attached hydrogens (tertiary/aromatic N) is 4. The first-order valence-electron chi connectivity index (χ1n) is 6.78. The number of nitrogens with one attached hydrogen (secondary N) is 1. The van der Waals surface area contributed by atoms with Crippen LogP contribution >= 0.6 is 0 Å². The lowest BCUT2D eigenvalue weighted by Gasteiger charge is -2.16. The number of benzene rings is 1. The van der Waals surface area contributed by atoms with Crippen LogP contribution in [0.2, 0.25) is 0 Å². The van der Waals surface area contributed by atoms with Gasteiger partial charge in [-0.2, -0.15) is 4.98 Å². The average molecular weight is 283 g/mol. The summed E-state index contributed by atoms with van der Waals surface area (Å²) in [5, 5.41) is 7.30. The normalized spacial score (nSPS) is 12.3. The summed E-state index contributed by atoms with van der Waals surface area (Å²) in [5.41, 5.74) is 1.83. The SMILES string of the molecule is Cc1noc(-c2ccccc2NC(C)c2nccn2C)n1. The smallest absolute Gasteiger partial charge is 0.260 e. The van der Waals surface area contributed by atoms with Crippen LogP contribution < -0.4 is 5.32 Å². The zero-order valence-corrected chi connectivity index (χ0v) is 12.2. The molecule has 0 amide bonds. The summed E-state index contributed by atoms with van der Waals surface area (Å²) in [5.74, 6) is 2.10. The number of aryl methyl sites for hydroxylation is 2. The van der Waals surface area contributed by atoms with Gasteiger partial charge in [0.05, 0.1) is 11.6 Å². The molecule has 0 fully saturated rings. The van der Waals surface area contributed by atoms with Crippen molar-refractivity contribution in [2.75, 3.05) is 5.32 Å². The minimum atomic E-state index is 0.0650. The number of rotatable bonds is 4. The first-order valence-corrected chi connectivity index (χ1v) is 6.78. The fourth-order valence-corrected chi connectivity index (χ4v) is 2.29. The van der Waals surface area contributed by atoms with Gasteiger partial charge < -0.3 is 14.4 Å². The molecule has 1 unspecified atom stereocenters. The fraction of sp³-hybridized carbons (Fsp3) is 0.267. The molecule has 0 saturated carbocycles. The molecule has 1 atom stereocenters. The molecule has 0 spiro atoms. The zero-order valence-electron chi connectivity index (χ0n) is 12.2. The molecule has 2 aromatic heterocycles. The summed E-state index contributed by atoms with van der Waals surface area (Å²) in [6, 6.07) is 7.94. The Labute approximate surface area is 122 Å². The second kappa shape index (κ2) is 5.40. The number of imidazole rings is 1. The highest BCUT2D eigenvalue weighted by atomic mass is 16.5. The third kappa shape index (κ3) is 2.65. The molecule has 0 aliphatic rings. The van der Waals surface area contributed by atoms with Crippen molar-refractivity contribution < 1.29 is 4.52 Å². The van der Waals surface area contributed by atoms with Crippen molar-refractivity contribution in [3.05, 3.63) is 48.3 Å². The Morgan fingerprint density at radius 1 is 1.29 bits per heavy atom. The van der Waals surface area contributed by atoms with Gasteiger partial charge in [-0.3, -0.25) is 0 Å². The van der Waals surface area contributed by atoms with Gasteiger partial charge in [0.2, 0.25) is 0 Å². The van der Waals surface area contributed by atoms with Gasteiger partial charge in [-0.05, 0) is 26.0 Å². The van der Waals surface area contributed by atoms with Crippen molar-refractivity contribution in [2.45, 2.75) is 19.9 Å². The van der Waals surface area contributed by atoms with Crippen molar-refractivity contribution >= 4 is 5.69 Å². The van der Waals surface area contributed by atoms with Crippen LogP contribution in [0.25, 0.3) is 11.5 Å². The lowest BCUT2D eigenvalue weighted by atomic mass is 10.1. The van der Waals surface area contributed by atoms with E-state index in [-0.39, 0.29) is 6.04 Å². The Hall–Kier alpha value is -2.63. The van der Waals surface area contributed by atoms with Crippen LogP contribution in [0.4, 0.5) is 5.69 Å². The summed E-state index contributed by atoms with van der Waals surface area (Å²) < 4.78 is 7.26. The van der Waals surface area contributed by atoms with Crippen molar-refractivity contribution in [1.29, 1.82) is 0 Å². The number of aromatic nitrogens is 4. The molecule has 0 bridgehead atoms. The highest BCUT2D eigenvalue weighted by Gasteiger charge is 2.15. The van der Waals surface area contributed by atoms with Crippen LogP contribution in [-0.2, 0) is 7.05 Å². The Morgan fingerprint density at radius 2 is 2.10 bits per heavy atom. The quantitative estimate of drug-likeness (QED) is 0.797. The van der Waals surface area contributed by atoms with E-state index in [1.165, 1.54) is 0 Å². The van der Waals surface area contributed by atoms with Gasteiger partial charge in [-0.15, -0.1) is 0 Å². The largest absolute Gasteiger partial charge is 0.375 e. The Bertz CT molecular complexity index is 746. The lowest BCUT2D eigenvalue weighted by Crippen LogP contribution is -2.12. The average Bonchev–Trinajstić information content (AvgIpc) is 3.08. The van der Waals surface area contributed by atoms with Crippen molar-refractivity contribution in [3.63, 3.8) is 0 Å². The van der Waals surface area contributed by atoms with Gasteiger partial charge >= 0.3 is 0 Å². The van der Waals surface area contributed by atoms with Crippen molar-refractivity contribution in [3.8, 4) is 11.5 Å². The molecule has 3 rings (SSSR count). The predicted molar refractivity (Wildman–Crippen MR) is 79.7 cm³/mol. The molecule has 1 aromatic carbocycles. The number of hydrogen-bond acceptors (Lipinski definition) is 5. The summed E-state index contributed by atoms with van der Waals surface area (Å²) in [7, 11) is 1.98. The van der Waals surface area contributed by atoms with Gasteiger partial charge in [0, 0.05) is 25.1 Å². The molecular weight excluding hydrogens is 266 g/mol. The molecule has 21 heavy (non-hydrogen) atoms. The Balaban J connectivity index is 1.91. The van der Waals surface area contributed by atoms with Crippen LogP contribution in [0.15, 0.2) is 41.2 Å². The van der Waals surface area contributed by atoms with Crippen LogP contribution in [0.1, 0.15) is 24.6 Å². The van der Waals surface area contributed by atoms with E-state index in [1.54, 1.807) is 13.1 Å². The number of anilines is 1. The van der Waals surface area contributed by atoms with Gasteiger partial charge in [0.25, 0.3) is 5.89 Å². The van der Waals surface area contributed by atoms with E-state index >= 15 is 0 Å². The second-order valence-electron chi connectivity index (χ2n) is 4.95. The first-order chi connectivity index (χ1) is 10.1. The Morgan fingerprint density at radius 3 is 2.76 bits per heavy atom. The molecule has 0 aliphatic carbocycles. The predicted octanol–water partition coefficient (Wildman–Crippen LogP) is 2.95. The standard InChI is InChI=1S/C15H17N5O/c1-10(14-16-8-9-20(14)3)17-13-7-5-4-6-12(13)15-18-11(2)19-21-15/h4-10,17H,1-3H3. The second-order valence-corrected chi connectivity index (χ2v) is 4.95. The fourth-order valence-electron chi connectivity index (χ4n) is 2.29. The number of hydrogen-bond donors (Lipinski definition) is 1. The van der Waals surface area contributed by atoms with Crippen LogP contribution in [0.5, 0.6) is 0 Å². The molecule has 0 aliphatic heterocycles. The maximum absolute atomic E-state index is 5.27. The summed E-state index contributed by atoms with van der Waals surface area (Å²) in [4.78, 5) is 8.66. The highest BCUT2D eigenvalue weighted by molar-refractivity contribution is 5.72. The van der Waals surface area contributed by atoms with Gasteiger partial charge in [-0.1, -0.05) is 17.3 Å². The lowest BCUT2D eigenvalue weighted by molar-refractivity contribution is 0.425. The Kier molecular flexibility index (Phi) is 3.43. The minimum absolute atomic E-state index is 0.0650. The van der Waals surface area contributed by atoms with E-state index in [0.717, 1.165) is 17.1 Å². The molecule has 0 radical (unpaired) electrons. The third-order valence-electron chi connectivity index (χ3n) is 3.30. The zero-order chi connectivity index (χ0) is 14.8. The maximum Gasteiger partial charge on any atom is 0.260 e. The van der Waals surface area contributed by atoms with E-state index in [2.05, 4.69) is 27.4 Å². The minimum Gasteiger partial charge on any atom is -0.375 e. The van der Waals surface area contributed by atoms with Crippen LogP contribution in [0, 0.1) is 6.92 Å². The molecule has 6 heteroatoms. The molecule has 3 aromatic rings. The van der Waals surface area contributed by atoms with Gasteiger partial charge in [-0.25, -0.2) is 4.98 Å². The first kappa shape index (κ1) is 13.4. The third-order valence-corrected chi connectivity index (χ3v) is 3.30. The van der Waals surface area contributed by atoms with E-state index in [9.17, 15) is 0 Å². The molecule has 108 valence electrons. The summed E-state index contributed by atoms with van der Waals surface area (Å²) >= 11 is 0. The van der Waals surface area contributed by atoms with E-state index in [0.29, 0.717) is 11.7 Å². The maximum atomic E-state index is 5.27. The monoisotopic (exact) mass is 283 g/mol. The number of para-hydroxylation sites is 1. The highest BCUT2D eigenvalue weighted by Crippen LogP contribution is 2.29.